The number of hydrogen-bond acceptors (Lipinski definition) is 3. The molecule has 0 aliphatic carbocycles. The van der Waals surface area contributed by atoms with Crippen molar-refractivity contribution in [3.63, 3.8) is 0 Å². The van der Waals surface area contributed by atoms with Crippen LogP contribution >= 0.6 is 0 Å². The average molecular weight is 259 g/mol. The van der Waals surface area contributed by atoms with Gasteiger partial charge in [0.2, 0.25) is 0 Å². The molecule has 108 valence electrons. The van der Waals surface area contributed by atoms with Gasteiger partial charge in [-0.05, 0) is 34.1 Å². The molecule has 0 bridgehead atoms. The zero-order valence-corrected chi connectivity index (χ0v) is 12.5. The van der Waals surface area contributed by atoms with Crippen LogP contribution < -0.4 is 0 Å². The summed E-state index contributed by atoms with van der Waals surface area (Å²) in [4.78, 5) is 13.5. The average Bonchev–Trinajstić information content (AvgIpc) is 2.25. The number of aliphatic hydroxyl groups is 1. The van der Waals surface area contributed by atoms with Gasteiger partial charge in [-0.2, -0.15) is 0 Å². The molecule has 0 spiro atoms. The van der Waals surface area contributed by atoms with E-state index in [0.29, 0.717) is 6.42 Å². The second-order valence-corrected chi connectivity index (χ2v) is 5.32. The summed E-state index contributed by atoms with van der Waals surface area (Å²) in [5.74, 6) is 0. The SMILES string of the molecule is CCCCCC(O)COC(=O)N(C(C)C)C(C)C. The third kappa shape index (κ3) is 6.84. The van der Waals surface area contributed by atoms with E-state index >= 15 is 0 Å². The van der Waals surface area contributed by atoms with Gasteiger partial charge in [-0.3, -0.25) is 0 Å². The van der Waals surface area contributed by atoms with Gasteiger partial charge in [0.25, 0.3) is 0 Å². The van der Waals surface area contributed by atoms with E-state index in [1.54, 1.807) is 4.90 Å². The van der Waals surface area contributed by atoms with E-state index in [0.717, 1.165) is 19.3 Å². The zero-order valence-electron chi connectivity index (χ0n) is 12.5. The quantitative estimate of drug-likeness (QED) is 0.681. The Morgan fingerprint density at radius 2 is 1.72 bits per heavy atom. The highest BCUT2D eigenvalue weighted by atomic mass is 16.6. The molecule has 0 aromatic carbocycles. The number of hydrogen-bond donors (Lipinski definition) is 1. The fraction of sp³-hybridized carbons (Fsp3) is 0.929. The molecule has 18 heavy (non-hydrogen) atoms. The maximum absolute atomic E-state index is 11.9. The van der Waals surface area contributed by atoms with Crippen molar-refractivity contribution in [2.24, 2.45) is 0 Å². The van der Waals surface area contributed by atoms with E-state index in [4.69, 9.17) is 4.74 Å². The van der Waals surface area contributed by atoms with Crippen LogP contribution in [0.1, 0.15) is 60.3 Å². The third-order valence-electron chi connectivity index (χ3n) is 2.86. The summed E-state index contributed by atoms with van der Waals surface area (Å²) in [6.45, 7) is 10.0. The van der Waals surface area contributed by atoms with Crippen molar-refractivity contribution in [1.29, 1.82) is 0 Å². The van der Waals surface area contributed by atoms with Crippen LogP contribution in [0.2, 0.25) is 0 Å². The number of ether oxygens (including phenoxy) is 1. The minimum Gasteiger partial charge on any atom is -0.447 e. The minimum atomic E-state index is -0.540. The molecule has 0 fully saturated rings. The Morgan fingerprint density at radius 3 is 2.17 bits per heavy atom. The molecule has 0 aliphatic rings. The van der Waals surface area contributed by atoms with Gasteiger partial charge < -0.3 is 14.7 Å². The fourth-order valence-electron chi connectivity index (χ4n) is 1.97. The van der Waals surface area contributed by atoms with E-state index in [1.807, 2.05) is 27.7 Å². The lowest BCUT2D eigenvalue weighted by Gasteiger charge is -2.30. The predicted molar refractivity (Wildman–Crippen MR) is 73.6 cm³/mol. The molecular formula is C14H29NO3. The Hall–Kier alpha value is -0.770. The summed E-state index contributed by atoms with van der Waals surface area (Å²) in [5, 5.41) is 9.69. The van der Waals surface area contributed by atoms with Crippen LogP contribution in [0.5, 0.6) is 0 Å². The first kappa shape index (κ1) is 17.2. The van der Waals surface area contributed by atoms with Crippen molar-refractivity contribution in [3.8, 4) is 0 Å². The number of aliphatic hydroxyl groups excluding tert-OH is 1. The summed E-state index contributed by atoms with van der Waals surface area (Å²) in [6, 6.07) is 0.212. The van der Waals surface area contributed by atoms with E-state index < -0.39 is 6.10 Å². The summed E-state index contributed by atoms with van der Waals surface area (Å²) < 4.78 is 5.16. The Morgan fingerprint density at radius 1 is 1.17 bits per heavy atom. The molecule has 1 N–H and O–H groups in total. The topological polar surface area (TPSA) is 49.8 Å². The van der Waals surface area contributed by atoms with Crippen LogP contribution in [0.3, 0.4) is 0 Å². The number of nitrogens with zero attached hydrogens (tertiary/aromatic N) is 1. The standard InChI is InChI=1S/C14H29NO3/c1-6-7-8-9-13(16)10-18-14(17)15(11(2)3)12(4)5/h11-13,16H,6-10H2,1-5H3. The largest absolute Gasteiger partial charge is 0.447 e. The Bertz CT molecular complexity index is 221. The lowest BCUT2D eigenvalue weighted by atomic mass is 10.1. The van der Waals surface area contributed by atoms with Gasteiger partial charge in [0.15, 0.2) is 0 Å². The van der Waals surface area contributed by atoms with E-state index in [2.05, 4.69) is 6.92 Å². The highest BCUT2D eigenvalue weighted by Crippen LogP contribution is 2.09. The summed E-state index contributed by atoms with van der Waals surface area (Å²) in [7, 11) is 0. The maximum atomic E-state index is 11.9. The number of rotatable bonds is 8. The predicted octanol–water partition coefficient (Wildman–Crippen LogP) is 3.18. The van der Waals surface area contributed by atoms with Crippen LogP contribution in [0.15, 0.2) is 0 Å². The number of carbonyl (C=O) groups excluding carboxylic acids is 1. The van der Waals surface area contributed by atoms with Gasteiger partial charge in [-0.25, -0.2) is 4.79 Å². The summed E-state index contributed by atoms with van der Waals surface area (Å²) >= 11 is 0. The maximum Gasteiger partial charge on any atom is 0.410 e. The molecule has 0 rings (SSSR count). The first-order chi connectivity index (χ1) is 8.40. The highest BCUT2D eigenvalue weighted by molar-refractivity contribution is 5.68. The smallest absolute Gasteiger partial charge is 0.410 e. The van der Waals surface area contributed by atoms with Gasteiger partial charge >= 0.3 is 6.09 Å². The molecule has 4 heteroatoms. The van der Waals surface area contributed by atoms with Crippen molar-refractivity contribution in [3.05, 3.63) is 0 Å². The second kappa shape index (κ2) is 9.20. The monoisotopic (exact) mass is 259 g/mol. The first-order valence-corrected chi connectivity index (χ1v) is 7.03. The molecule has 0 aromatic rings. The van der Waals surface area contributed by atoms with Crippen LogP contribution in [0.4, 0.5) is 4.79 Å². The molecule has 0 heterocycles. The lowest BCUT2D eigenvalue weighted by molar-refractivity contribution is 0.0322. The van der Waals surface area contributed by atoms with Gasteiger partial charge in [0.05, 0.1) is 6.10 Å². The molecule has 1 unspecified atom stereocenters. The molecular weight excluding hydrogens is 230 g/mol. The van der Waals surface area contributed by atoms with Crippen molar-refractivity contribution in [2.45, 2.75) is 78.5 Å². The van der Waals surface area contributed by atoms with Gasteiger partial charge in [-0.1, -0.05) is 26.2 Å². The van der Waals surface area contributed by atoms with Gasteiger partial charge in [0, 0.05) is 12.1 Å². The van der Waals surface area contributed by atoms with Gasteiger partial charge in [0.1, 0.15) is 6.61 Å². The molecule has 1 atom stereocenters. The van der Waals surface area contributed by atoms with Crippen LogP contribution in [0, 0.1) is 0 Å². The van der Waals surface area contributed by atoms with Crippen molar-refractivity contribution < 1.29 is 14.6 Å². The zero-order chi connectivity index (χ0) is 14.1. The van der Waals surface area contributed by atoms with E-state index in [9.17, 15) is 9.90 Å². The first-order valence-electron chi connectivity index (χ1n) is 7.03. The van der Waals surface area contributed by atoms with Crippen molar-refractivity contribution in [2.75, 3.05) is 6.61 Å². The van der Waals surface area contributed by atoms with E-state index in [-0.39, 0.29) is 24.8 Å². The minimum absolute atomic E-state index is 0.0957. The molecule has 1 amide bonds. The van der Waals surface area contributed by atoms with Crippen LogP contribution in [-0.4, -0.2) is 40.9 Å². The van der Waals surface area contributed by atoms with Crippen molar-refractivity contribution in [1.82, 2.24) is 4.90 Å². The molecule has 0 aliphatic heterocycles. The Labute approximate surface area is 111 Å². The summed E-state index contributed by atoms with van der Waals surface area (Å²) in [5.41, 5.74) is 0. The van der Waals surface area contributed by atoms with Crippen molar-refractivity contribution >= 4 is 6.09 Å². The van der Waals surface area contributed by atoms with Crippen LogP contribution in [-0.2, 0) is 4.74 Å². The molecule has 0 saturated carbocycles. The molecule has 0 saturated heterocycles. The molecule has 0 aromatic heterocycles. The highest BCUT2D eigenvalue weighted by Gasteiger charge is 2.22. The Balaban J connectivity index is 4.00. The molecule has 0 radical (unpaired) electrons. The van der Waals surface area contributed by atoms with Gasteiger partial charge in [-0.15, -0.1) is 0 Å². The van der Waals surface area contributed by atoms with Crippen LogP contribution in [0.25, 0.3) is 0 Å². The molecule has 4 nitrogen and oxygen atoms in total. The number of unbranched alkanes of at least 4 members (excludes halogenated alkanes) is 2. The lowest BCUT2D eigenvalue weighted by Crippen LogP contribution is -2.43. The second-order valence-electron chi connectivity index (χ2n) is 5.32. The number of amides is 1. The third-order valence-corrected chi connectivity index (χ3v) is 2.86. The Kier molecular flexibility index (Phi) is 8.81. The number of carbonyl (C=O) groups is 1. The van der Waals surface area contributed by atoms with E-state index in [1.165, 1.54) is 0 Å². The normalized spacial score (nSPS) is 12.9. The fourth-order valence-corrected chi connectivity index (χ4v) is 1.97. The summed E-state index contributed by atoms with van der Waals surface area (Å²) in [6.07, 6.45) is 3.03.